The summed E-state index contributed by atoms with van der Waals surface area (Å²) in [6, 6.07) is 0. The molecule has 0 aromatic carbocycles. The van der Waals surface area contributed by atoms with Crippen molar-refractivity contribution >= 4 is 196 Å². The summed E-state index contributed by atoms with van der Waals surface area (Å²) >= 11 is 0. The summed E-state index contributed by atoms with van der Waals surface area (Å²) in [7, 11) is -13.9. The quantitative estimate of drug-likeness (QED) is 0.114. The molecule has 12 nitrogen and oxygen atoms in total. The number of hydrogen-bond donors (Lipinski definition) is 9. The van der Waals surface area contributed by atoms with Gasteiger partial charge >= 0.3 is 165 Å². The van der Waals surface area contributed by atoms with Crippen LogP contribution in [0.1, 0.15) is 0 Å². The Hall–Kier alpha value is 5.87. The Balaban J connectivity index is -0.0000000129. The molecule has 0 saturated heterocycles. The molecule has 0 fully saturated rings. The van der Waals surface area contributed by atoms with Gasteiger partial charge in [-0.25, -0.2) is 13.7 Å². The molecule has 122 valence electrons. The molecule has 0 aliphatic carbocycles. The predicted molar refractivity (Wildman–Crippen MR) is 94.5 cm³/mol. The Morgan fingerprint density at radius 3 is 0.571 bits per heavy atom. The van der Waals surface area contributed by atoms with E-state index in [0.717, 1.165) is 0 Å². The standard InChI is InChI=1S/Al.Ca.K.Mg.Na.3H3O4P.H2S.9H/c;;;;;3*1-5(2,3)4;;;;;;;;;;/h;;;;;3*(H3,1,2,3,4);1H2;;;;;;;;;. The molecule has 0 unspecified atom stereocenters. The summed E-state index contributed by atoms with van der Waals surface area (Å²) in [4.78, 5) is 64.7. The number of phosphoric acid groups is 3. The fourth-order valence-electron chi connectivity index (χ4n) is 0. The van der Waals surface area contributed by atoms with Crippen LogP contribution in [0, 0.1) is 0 Å². The summed E-state index contributed by atoms with van der Waals surface area (Å²) in [5.41, 5.74) is 0. The van der Waals surface area contributed by atoms with Crippen LogP contribution in [0.25, 0.3) is 0 Å². The van der Waals surface area contributed by atoms with Gasteiger partial charge in [-0.05, 0) is 0 Å². The molecule has 0 saturated carbocycles. The molecule has 0 spiro atoms. The molecule has 21 heteroatoms. The van der Waals surface area contributed by atoms with Crippen LogP contribution >= 0.6 is 37.0 Å². The van der Waals surface area contributed by atoms with Crippen LogP contribution in [-0.2, 0) is 13.7 Å². The predicted octanol–water partition coefficient (Wildman–Crippen LogP) is -6.99. The maximum atomic E-state index is 8.88. The molecule has 21 heavy (non-hydrogen) atoms. The van der Waals surface area contributed by atoms with E-state index in [-0.39, 0.29) is 173 Å². The molecule has 0 heterocycles. The molecular weight excluding hydrogens is 470 g/mol. The first-order valence-electron chi connectivity index (χ1n) is 2.35. The van der Waals surface area contributed by atoms with Gasteiger partial charge in [-0.15, -0.1) is 0 Å². The average molecular weight is 491 g/mol. The van der Waals surface area contributed by atoms with E-state index in [0.29, 0.717) is 0 Å². The van der Waals surface area contributed by atoms with Gasteiger partial charge in [0.15, 0.2) is 17.4 Å². The second-order valence-corrected chi connectivity index (χ2v) is 4.62. The Morgan fingerprint density at radius 1 is 0.571 bits per heavy atom. The van der Waals surface area contributed by atoms with Gasteiger partial charge in [0.05, 0.1) is 0 Å². The molecule has 0 amide bonds. The molecule has 0 rings (SSSR count). The van der Waals surface area contributed by atoms with E-state index in [4.69, 9.17) is 57.7 Å². The third kappa shape index (κ3) is 427. The minimum atomic E-state index is -4.64. The number of hydrogen-bond acceptors (Lipinski definition) is 3. The molecule has 9 N–H and O–H groups in total. The van der Waals surface area contributed by atoms with Gasteiger partial charge in [0.25, 0.3) is 0 Å². The fraction of sp³-hybridized carbons (Fsp3) is 0. The first-order valence-corrected chi connectivity index (χ1v) is 7.04. The van der Waals surface area contributed by atoms with Crippen molar-refractivity contribution in [2.75, 3.05) is 0 Å². The van der Waals surface area contributed by atoms with Gasteiger partial charge in [0.2, 0.25) is 0 Å². The second-order valence-electron chi connectivity index (χ2n) is 1.54. The third-order valence-electron chi connectivity index (χ3n) is 0. The van der Waals surface area contributed by atoms with E-state index in [1.54, 1.807) is 0 Å². The zero-order valence-electron chi connectivity index (χ0n) is 7.09. The zero-order valence-corrected chi connectivity index (χ0v) is 10.8. The van der Waals surface area contributed by atoms with E-state index in [1.807, 2.05) is 0 Å². The average Bonchev–Trinajstić information content (AvgIpc) is 1.41. The van der Waals surface area contributed by atoms with Crippen LogP contribution in [0.2, 0.25) is 0 Å². The van der Waals surface area contributed by atoms with Crippen LogP contribution in [-0.4, -0.2) is 203 Å². The van der Waals surface area contributed by atoms with Crippen LogP contribution in [0.15, 0.2) is 0 Å². The van der Waals surface area contributed by atoms with Gasteiger partial charge in [-0.3, -0.25) is 0 Å². The van der Waals surface area contributed by atoms with Crippen LogP contribution in [0.5, 0.6) is 0 Å². The number of rotatable bonds is 0. The van der Waals surface area contributed by atoms with E-state index < -0.39 is 23.5 Å². The minimum absolute atomic E-state index is 0. The Kier molecular flexibility index (Phi) is 75.3. The Labute approximate surface area is 248 Å². The van der Waals surface area contributed by atoms with E-state index in [2.05, 4.69) is 0 Å². The van der Waals surface area contributed by atoms with Crippen LogP contribution in [0.3, 0.4) is 0 Å². The van der Waals surface area contributed by atoms with Gasteiger partial charge in [0, 0.05) is 0 Å². The zero-order chi connectivity index (χ0) is 13.5. The van der Waals surface area contributed by atoms with Crippen molar-refractivity contribution in [2.45, 2.75) is 0 Å². The van der Waals surface area contributed by atoms with Gasteiger partial charge in [-0.1, -0.05) is 0 Å². The topological polar surface area (TPSA) is 233 Å². The van der Waals surface area contributed by atoms with Crippen molar-refractivity contribution in [2.24, 2.45) is 0 Å². The van der Waals surface area contributed by atoms with E-state index in [9.17, 15) is 0 Å². The van der Waals surface area contributed by atoms with E-state index in [1.165, 1.54) is 0 Å². The third-order valence-corrected chi connectivity index (χ3v) is 0. The monoisotopic (exact) mass is 490 g/mol. The molecule has 0 bridgehead atoms. The summed E-state index contributed by atoms with van der Waals surface area (Å²) in [5.74, 6) is 0. The molecule has 0 aliphatic heterocycles. The van der Waals surface area contributed by atoms with Crippen molar-refractivity contribution < 1.29 is 57.7 Å². The summed E-state index contributed by atoms with van der Waals surface area (Å²) in [5, 5.41) is 0. The van der Waals surface area contributed by atoms with Crippen molar-refractivity contribution in [3.63, 3.8) is 0 Å². The molecule has 0 aromatic rings. The van der Waals surface area contributed by atoms with E-state index >= 15 is 0 Å². The first kappa shape index (κ1) is 56.3. The fourth-order valence-corrected chi connectivity index (χ4v) is 0. The normalized spacial score (nSPS) is 8.43. The molecule has 0 atom stereocenters. The second kappa shape index (κ2) is 28.1. The Morgan fingerprint density at radius 2 is 0.571 bits per heavy atom. The molecule has 0 aromatic heterocycles. The van der Waals surface area contributed by atoms with Gasteiger partial charge < -0.3 is 44.0 Å². The Bertz CT molecular complexity index is 231. The van der Waals surface area contributed by atoms with Crippen molar-refractivity contribution in [1.29, 1.82) is 0 Å². The van der Waals surface area contributed by atoms with Crippen molar-refractivity contribution in [3.05, 3.63) is 0 Å². The molecular formula is H20AlCaKMgNaO12P3S. The van der Waals surface area contributed by atoms with Crippen molar-refractivity contribution in [1.82, 2.24) is 0 Å². The van der Waals surface area contributed by atoms with Crippen LogP contribution in [0.4, 0.5) is 0 Å². The van der Waals surface area contributed by atoms with Crippen molar-refractivity contribution in [3.8, 4) is 0 Å². The SMILES string of the molecule is O=P(O)(O)O.O=P(O)(O)O.O=P(O)(O)O.S.[AlH3].[CaH2].[KH].[MgH2].[NaH]. The van der Waals surface area contributed by atoms with Gasteiger partial charge in [0.1, 0.15) is 0 Å². The molecule has 0 radical (unpaired) electrons. The summed E-state index contributed by atoms with van der Waals surface area (Å²) in [6.07, 6.45) is 0. The first-order chi connectivity index (χ1) is 6.00. The summed E-state index contributed by atoms with van der Waals surface area (Å²) in [6.45, 7) is 0. The van der Waals surface area contributed by atoms with Gasteiger partial charge in [-0.2, -0.15) is 13.5 Å². The molecule has 0 aliphatic rings. The summed E-state index contributed by atoms with van der Waals surface area (Å²) < 4.78 is 26.6. The maximum absolute atomic E-state index is 8.88. The van der Waals surface area contributed by atoms with Crippen LogP contribution < -0.4 is 0 Å².